The zero-order valence-corrected chi connectivity index (χ0v) is 27.5. The van der Waals surface area contributed by atoms with Gasteiger partial charge >= 0.3 is 5.97 Å². The molecule has 7 rings (SSSR count). The molecule has 2 saturated heterocycles. The third kappa shape index (κ3) is 6.41. The normalized spacial score (nSPS) is 16.8. The van der Waals surface area contributed by atoms with Crippen molar-refractivity contribution in [2.24, 2.45) is 0 Å². The highest BCUT2D eigenvalue weighted by Crippen LogP contribution is 2.57. The Labute approximate surface area is 281 Å². The van der Waals surface area contributed by atoms with Crippen molar-refractivity contribution < 1.29 is 28.5 Å². The second-order valence-corrected chi connectivity index (χ2v) is 13.0. The molecule has 0 bridgehead atoms. The predicted octanol–water partition coefficient (Wildman–Crippen LogP) is 6.84. The molecule has 3 aromatic carbocycles. The highest BCUT2D eigenvalue weighted by atomic mass is 35.5. The minimum Gasteiger partial charge on any atom is -0.456 e. The first kappa shape index (κ1) is 31.8. The van der Waals surface area contributed by atoms with Gasteiger partial charge in [0, 0.05) is 84.6 Å². The van der Waals surface area contributed by atoms with Gasteiger partial charge in [0.25, 0.3) is 0 Å². The Morgan fingerprint density at radius 3 is 2.02 bits per heavy atom. The van der Waals surface area contributed by atoms with E-state index in [9.17, 15) is 9.59 Å². The van der Waals surface area contributed by atoms with E-state index >= 15 is 0 Å². The molecular formula is C37H42ClN3O6. The molecule has 0 aliphatic carbocycles. The van der Waals surface area contributed by atoms with Crippen LogP contribution in [-0.4, -0.2) is 70.4 Å². The molecule has 0 saturated carbocycles. The highest BCUT2D eigenvalue weighted by Gasteiger charge is 2.54. The third-order valence-electron chi connectivity index (χ3n) is 9.52. The van der Waals surface area contributed by atoms with Crippen LogP contribution < -0.4 is 19.9 Å². The molecule has 9 nitrogen and oxygen atoms in total. The predicted molar refractivity (Wildman–Crippen MR) is 182 cm³/mol. The van der Waals surface area contributed by atoms with Crippen molar-refractivity contribution in [3.05, 3.63) is 76.9 Å². The lowest BCUT2D eigenvalue weighted by Crippen LogP contribution is -2.38. The lowest BCUT2D eigenvalue weighted by Gasteiger charge is -2.39. The number of rotatable bonds is 15. The average molecular weight is 660 g/mol. The molecule has 10 heteroatoms. The monoisotopic (exact) mass is 659 g/mol. The Kier molecular flexibility index (Phi) is 9.56. The first-order valence-electron chi connectivity index (χ1n) is 16.9. The number of amides is 1. The molecule has 0 atom stereocenters. The number of nitrogens with one attached hydrogen (secondary N) is 1. The van der Waals surface area contributed by atoms with E-state index in [-0.39, 0.29) is 18.9 Å². The Balaban J connectivity index is 1.07. The Bertz CT molecular complexity index is 1560. The topological polar surface area (TPSA) is 89.6 Å². The fourth-order valence-corrected chi connectivity index (χ4v) is 6.87. The third-order valence-corrected chi connectivity index (χ3v) is 9.78. The summed E-state index contributed by atoms with van der Waals surface area (Å²) in [6, 6.07) is 17.7. The van der Waals surface area contributed by atoms with Gasteiger partial charge in [-0.2, -0.15) is 0 Å². The van der Waals surface area contributed by atoms with Crippen LogP contribution in [0.3, 0.4) is 0 Å². The van der Waals surface area contributed by atoms with Gasteiger partial charge in [-0.05, 0) is 68.1 Å². The number of esters is 1. The van der Waals surface area contributed by atoms with Gasteiger partial charge in [-0.25, -0.2) is 4.79 Å². The quantitative estimate of drug-likeness (QED) is 0.108. The molecule has 2 fully saturated rings. The van der Waals surface area contributed by atoms with Crippen molar-refractivity contribution >= 4 is 40.5 Å². The smallest absolute Gasteiger partial charge is 0.340 e. The molecule has 0 radical (unpaired) electrons. The number of hydrogen-bond donors (Lipinski definition) is 1. The lowest BCUT2D eigenvalue weighted by atomic mass is 9.77. The van der Waals surface area contributed by atoms with Gasteiger partial charge < -0.3 is 34.1 Å². The van der Waals surface area contributed by atoms with Gasteiger partial charge in [0.15, 0.2) is 5.60 Å². The summed E-state index contributed by atoms with van der Waals surface area (Å²) in [4.78, 5) is 31.0. The number of carbonyl (C=O) groups is 2. The number of ether oxygens (including phenoxy) is 4. The lowest BCUT2D eigenvalue weighted by molar-refractivity contribution is -0.117. The minimum absolute atomic E-state index is 0.171. The van der Waals surface area contributed by atoms with Crippen molar-refractivity contribution in [3.8, 4) is 11.5 Å². The summed E-state index contributed by atoms with van der Waals surface area (Å²) in [6.07, 6.45) is 6.84. The fourth-order valence-electron chi connectivity index (χ4n) is 6.68. The largest absolute Gasteiger partial charge is 0.456 e. The summed E-state index contributed by atoms with van der Waals surface area (Å²) >= 11 is 5.71. The number of fused-ring (bicyclic) bond motifs is 6. The van der Waals surface area contributed by atoms with Crippen LogP contribution in [0.15, 0.2) is 54.6 Å². The van der Waals surface area contributed by atoms with Crippen LogP contribution in [0.2, 0.25) is 0 Å². The maximum Gasteiger partial charge on any atom is 0.340 e. The Morgan fingerprint density at radius 1 is 0.766 bits per heavy atom. The molecule has 4 heterocycles. The molecule has 1 N–H and O–H groups in total. The average Bonchev–Trinajstić information content (AvgIpc) is 3.29. The van der Waals surface area contributed by atoms with Gasteiger partial charge in [0.05, 0.1) is 31.8 Å². The summed E-state index contributed by atoms with van der Waals surface area (Å²) in [7, 11) is 0. The van der Waals surface area contributed by atoms with Crippen molar-refractivity contribution in [2.75, 3.05) is 73.6 Å². The molecule has 248 valence electrons. The summed E-state index contributed by atoms with van der Waals surface area (Å²) < 4.78 is 24.2. The van der Waals surface area contributed by atoms with E-state index in [1.54, 1.807) is 12.1 Å². The molecule has 0 aromatic heterocycles. The van der Waals surface area contributed by atoms with Crippen LogP contribution in [0.4, 0.5) is 17.1 Å². The van der Waals surface area contributed by atoms with E-state index in [2.05, 4.69) is 39.4 Å². The number of benzene rings is 3. The standard InChI is InChI=1S/C37H42ClN3O6/c38-14-3-1-2-4-19-44-21-22-45-20-13-35(42)39-26-7-10-29-32(23-26)37(47-36(29)43)30-11-8-27(40-15-5-16-40)24-33(30)46-34-25-28(9-12-31(34)37)41-17-6-18-41/h7-12,23-25H,1-6,13-22H2,(H,39,42). The van der Waals surface area contributed by atoms with E-state index < -0.39 is 11.6 Å². The van der Waals surface area contributed by atoms with E-state index in [4.69, 9.17) is 30.5 Å². The first-order chi connectivity index (χ1) is 23.1. The molecule has 1 amide bonds. The molecule has 3 aromatic rings. The van der Waals surface area contributed by atoms with Gasteiger partial charge in [-0.1, -0.05) is 12.8 Å². The van der Waals surface area contributed by atoms with Crippen molar-refractivity contribution in [2.45, 2.75) is 50.5 Å². The maximum atomic E-state index is 13.5. The number of halogens is 1. The Morgan fingerprint density at radius 2 is 1.40 bits per heavy atom. The molecule has 1 spiro atoms. The van der Waals surface area contributed by atoms with E-state index in [0.29, 0.717) is 54.0 Å². The summed E-state index contributed by atoms with van der Waals surface area (Å²) in [6.45, 7) is 5.98. The van der Waals surface area contributed by atoms with Gasteiger partial charge in [-0.15, -0.1) is 11.6 Å². The van der Waals surface area contributed by atoms with E-state index in [1.807, 2.05) is 18.2 Å². The summed E-state index contributed by atoms with van der Waals surface area (Å²) in [5.74, 6) is 1.48. The summed E-state index contributed by atoms with van der Waals surface area (Å²) in [5, 5.41) is 3.00. The number of nitrogens with zero attached hydrogens (tertiary/aromatic N) is 2. The van der Waals surface area contributed by atoms with Gasteiger partial charge in [-0.3, -0.25) is 4.79 Å². The fraction of sp³-hybridized carbons (Fsp3) is 0.459. The highest BCUT2D eigenvalue weighted by molar-refractivity contribution is 6.17. The number of carbonyl (C=O) groups excluding carboxylic acids is 2. The van der Waals surface area contributed by atoms with Gasteiger partial charge in [0.2, 0.25) is 5.91 Å². The first-order valence-corrected chi connectivity index (χ1v) is 17.5. The van der Waals surface area contributed by atoms with Crippen LogP contribution in [-0.2, 0) is 24.6 Å². The van der Waals surface area contributed by atoms with Crippen LogP contribution in [0.25, 0.3) is 0 Å². The van der Waals surface area contributed by atoms with E-state index in [1.165, 1.54) is 12.8 Å². The SMILES string of the molecule is O=C(CCOCCOCCCCCCCl)Nc1ccc2c(c1)C1(OC2=O)c2ccc(N3CCC3)cc2Oc2cc(N3CCC3)ccc21. The van der Waals surface area contributed by atoms with Gasteiger partial charge in [0.1, 0.15) is 11.5 Å². The second kappa shape index (κ2) is 14.1. The maximum absolute atomic E-state index is 13.5. The summed E-state index contributed by atoms with van der Waals surface area (Å²) in [5.41, 5.74) is 4.27. The van der Waals surface area contributed by atoms with Crippen LogP contribution in [0.1, 0.15) is 72.0 Å². The number of alkyl halides is 1. The second-order valence-electron chi connectivity index (χ2n) is 12.6. The minimum atomic E-state index is -1.20. The van der Waals surface area contributed by atoms with Crippen LogP contribution in [0.5, 0.6) is 11.5 Å². The van der Waals surface area contributed by atoms with Crippen molar-refractivity contribution in [1.82, 2.24) is 0 Å². The molecule has 4 aliphatic rings. The Hall–Kier alpha value is -3.79. The van der Waals surface area contributed by atoms with Crippen LogP contribution >= 0.6 is 11.6 Å². The zero-order valence-electron chi connectivity index (χ0n) is 26.7. The zero-order chi connectivity index (χ0) is 32.2. The molecule has 47 heavy (non-hydrogen) atoms. The molecular weight excluding hydrogens is 618 g/mol. The number of hydrogen-bond acceptors (Lipinski definition) is 8. The van der Waals surface area contributed by atoms with Crippen molar-refractivity contribution in [3.63, 3.8) is 0 Å². The van der Waals surface area contributed by atoms with E-state index in [0.717, 1.165) is 74.4 Å². The van der Waals surface area contributed by atoms with Crippen LogP contribution in [0, 0.1) is 0 Å². The molecule has 0 unspecified atom stereocenters. The molecule has 4 aliphatic heterocycles. The van der Waals surface area contributed by atoms with Crippen molar-refractivity contribution in [1.29, 1.82) is 0 Å². The number of anilines is 3. The number of unbranched alkanes of at least 4 members (excludes halogenated alkanes) is 3.